The number of nitrogens with two attached hydrogens (primary N) is 1. The lowest BCUT2D eigenvalue weighted by Crippen LogP contribution is -1.91. The number of hydrogen-bond acceptors (Lipinski definition) is 2. The molecular weight excluding hydrogens is 280 g/mol. The van der Waals surface area contributed by atoms with Crippen molar-refractivity contribution in [1.82, 2.24) is 4.98 Å². The standard InChI is InChI=1S/C21H18N2/c1-13-5-3-4-6-18(13)20-8-7-15-10-16-9-14(2)19(22)11-17(16)12-21(15)23-20/h3-12H,22H2,1-2H3. The third-order valence-electron chi connectivity index (χ3n) is 4.45. The highest BCUT2D eigenvalue weighted by Crippen LogP contribution is 2.28. The molecule has 0 aliphatic rings. The molecule has 0 aliphatic heterocycles. The molecule has 0 bridgehead atoms. The van der Waals surface area contributed by atoms with E-state index in [9.17, 15) is 0 Å². The Hall–Kier alpha value is -2.87. The van der Waals surface area contributed by atoms with Gasteiger partial charge in [-0.1, -0.05) is 30.3 Å². The molecule has 0 atom stereocenters. The molecule has 0 spiro atoms. The molecule has 4 rings (SSSR count). The fraction of sp³-hybridized carbons (Fsp3) is 0.0952. The fourth-order valence-corrected chi connectivity index (χ4v) is 3.06. The molecule has 1 heterocycles. The van der Waals surface area contributed by atoms with Crippen molar-refractivity contribution in [2.75, 3.05) is 5.73 Å². The summed E-state index contributed by atoms with van der Waals surface area (Å²) in [5, 5.41) is 3.49. The highest BCUT2D eigenvalue weighted by Gasteiger charge is 2.06. The Morgan fingerprint density at radius 1 is 0.739 bits per heavy atom. The summed E-state index contributed by atoms with van der Waals surface area (Å²) < 4.78 is 0. The van der Waals surface area contributed by atoms with Crippen molar-refractivity contribution in [3.63, 3.8) is 0 Å². The zero-order valence-electron chi connectivity index (χ0n) is 13.3. The number of pyridine rings is 1. The summed E-state index contributed by atoms with van der Waals surface area (Å²) in [6.07, 6.45) is 0. The molecule has 4 aromatic rings. The number of nitrogens with zero attached hydrogens (tertiary/aromatic N) is 1. The summed E-state index contributed by atoms with van der Waals surface area (Å²) in [7, 11) is 0. The molecule has 2 N–H and O–H groups in total. The number of benzene rings is 3. The van der Waals surface area contributed by atoms with E-state index < -0.39 is 0 Å². The van der Waals surface area contributed by atoms with Gasteiger partial charge >= 0.3 is 0 Å². The van der Waals surface area contributed by atoms with Gasteiger partial charge in [-0.15, -0.1) is 0 Å². The number of rotatable bonds is 1. The van der Waals surface area contributed by atoms with Crippen molar-refractivity contribution in [2.45, 2.75) is 13.8 Å². The van der Waals surface area contributed by atoms with Gasteiger partial charge in [-0.3, -0.25) is 0 Å². The highest BCUT2D eigenvalue weighted by atomic mass is 14.7. The van der Waals surface area contributed by atoms with Crippen LogP contribution in [0.4, 0.5) is 5.69 Å². The molecule has 2 nitrogen and oxygen atoms in total. The van der Waals surface area contributed by atoms with Gasteiger partial charge in [0.15, 0.2) is 0 Å². The predicted octanol–water partition coefficient (Wildman–Crippen LogP) is 5.25. The van der Waals surface area contributed by atoms with Crippen LogP contribution in [0.15, 0.2) is 60.7 Å². The van der Waals surface area contributed by atoms with E-state index in [1.54, 1.807) is 0 Å². The lowest BCUT2D eigenvalue weighted by molar-refractivity contribution is 1.36. The van der Waals surface area contributed by atoms with Gasteiger partial charge in [0.2, 0.25) is 0 Å². The molecule has 0 saturated heterocycles. The minimum absolute atomic E-state index is 0.826. The van der Waals surface area contributed by atoms with Crippen LogP contribution in [0.1, 0.15) is 11.1 Å². The fourth-order valence-electron chi connectivity index (χ4n) is 3.06. The van der Waals surface area contributed by atoms with E-state index in [4.69, 9.17) is 10.7 Å². The second-order valence-electron chi connectivity index (χ2n) is 6.11. The zero-order valence-corrected chi connectivity index (χ0v) is 13.3. The average Bonchev–Trinajstić information content (AvgIpc) is 2.54. The van der Waals surface area contributed by atoms with Crippen LogP contribution in [0.25, 0.3) is 32.9 Å². The van der Waals surface area contributed by atoms with Crippen molar-refractivity contribution in [3.05, 3.63) is 71.8 Å². The van der Waals surface area contributed by atoms with Crippen molar-refractivity contribution in [1.29, 1.82) is 0 Å². The zero-order chi connectivity index (χ0) is 16.0. The maximum atomic E-state index is 6.05. The smallest absolute Gasteiger partial charge is 0.0715 e. The summed E-state index contributed by atoms with van der Waals surface area (Å²) in [6, 6.07) is 21.1. The van der Waals surface area contributed by atoms with Gasteiger partial charge in [0.05, 0.1) is 11.2 Å². The van der Waals surface area contributed by atoms with Crippen LogP contribution in [-0.4, -0.2) is 4.98 Å². The number of fused-ring (bicyclic) bond motifs is 2. The summed E-state index contributed by atoms with van der Waals surface area (Å²) in [5.74, 6) is 0. The topological polar surface area (TPSA) is 38.9 Å². The molecule has 0 fully saturated rings. The van der Waals surface area contributed by atoms with Crippen LogP contribution < -0.4 is 5.73 Å². The number of anilines is 1. The summed E-state index contributed by atoms with van der Waals surface area (Å²) in [4.78, 5) is 4.87. The Balaban J connectivity index is 1.96. The van der Waals surface area contributed by atoms with Crippen LogP contribution in [0.2, 0.25) is 0 Å². The molecule has 1 aromatic heterocycles. The minimum Gasteiger partial charge on any atom is -0.398 e. The van der Waals surface area contributed by atoms with Crippen molar-refractivity contribution in [3.8, 4) is 11.3 Å². The first-order valence-electron chi connectivity index (χ1n) is 7.78. The van der Waals surface area contributed by atoms with E-state index in [1.165, 1.54) is 16.5 Å². The number of hydrogen-bond donors (Lipinski definition) is 1. The second-order valence-corrected chi connectivity index (χ2v) is 6.11. The number of aryl methyl sites for hydroxylation is 2. The summed E-state index contributed by atoms with van der Waals surface area (Å²) in [5.41, 5.74) is 12.4. The van der Waals surface area contributed by atoms with Crippen LogP contribution in [0, 0.1) is 13.8 Å². The van der Waals surface area contributed by atoms with Gasteiger partial charge in [-0.25, -0.2) is 4.98 Å². The van der Waals surface area contributed by atoms with E-state index >= 15 is 0 Å². The minimum atomic E-state index is 0.826. The molecule has 0 saturated carbocycles. The molecule has 3 aromatic carbocycles. The van der Waals surface area contributed by atoms with Gasteiger partial charge in [-0.2, -0.15) is 0 Å². The Labute approximate surface area is 135 Å². The molecule has 112 valence electrons. The Bertz CT molecular complexity index is 1050. The quantitative estimate of drug-likeness (QED) is 0.385. The van der Waals surface area contributed by atoms with Crippen molar-refractivity contribution < 1.29 is 0 Å². The van der Waals surface area contributed by atoms with Crippen LogP contribution in [0.3, 0.4) is 0 Å². The largest absolute Gasteiger partial charge is 0.398 e. The lowest BCUT2D eigenvalue weighted by Gasteiger charge is -2.09. The van der Waals surface area contributed by atoms with E-state index in [0.29, 0.717) is 0 Å². The monoisotopic (exact) mass is 298 g/mol. The maximum absolute atomic E-state index is 6.05. The molecule has 23 heavy (non-hydrogen) atoms. The second kappa shape index (κ2) is 5.10. The molecule has 2 heteroatoms. The first-order chi connectivity index (χ1) is 11.1. The van der Waals surface area contributed by atoms with Gasteiger partial charge in [0.1, 0.15) is 0 Å². The highest BCUT2D eigenvalue weighted by molar-refractivity contribution is 5.98. The third kappa shape index (κ3) is 2.33. The first-order valence-corrected chi connectivity index (χ1v) is 7.78. The molecule has 0 amide bonds. The van der Waals surface area contributed by atoms with Gasteiger partial charge in [0, 0.05) is 16.6 Å². The molecule has 0 unspecified atom stereocenters. The average molecular weight is 298 g/mol. The number of aromatic nitrogens is 1. The van der Waals surface area contributed by atoms with E-state index in [0.717, 1.165) is 33.2 Å². The van der Waals surface area contributed by atoms with Crippen LogP contribution in [0.5, 0.6) is 0 Å². The van der Waals surface area contributed by atoms with Crippen LogP contribution >= 0.6 is 0 Å². The summed E-state index contributed by atoms with van der Waals surface area (Å²) >= 11 is 0. The van der Waals surface area contributed by atoms with Gasteiger partial charge < -0.3 is 5.73 Å². The van der Waals surface area contributed by atoms with Crippen LogP contribution in [-0.2, 0) is 0 Å². The molecule has 0 aliphatic carbocycles. The van der Waals surface area contributed by atoms with Gasteiger partial charge in [-0.05, 0) is 66.1 Å². The number of nitrogen functional groups attached to an aromatic ring is 1. The third-order valence-corrected chi connectivity index (χ3v) is 4.45. The predicted molar refractivity (Wildman–Crippen MR) is 98.6 cm³/mol. The van der Waals surface area contributed by atoms with E-state index in [1.807, 2.05) is 13.0 Å². The molecular formula is C21H18N2. The summed E-state index contributed by atoms with van der Waals surface area (Å²) in [6.45, 7) is 4.16. The van der Waals surface area contributed by atoms with E-state index in [2.05, 4.69) is 61.5 Å². The Morgan fingerprint density at radius 3 is 2.35 bits per heavy atom. The maximum Gasteiger partial charge on any atom is 0.0715 e. The Kier molecular flexibility index (Phi) is 3.05. The van der Waals surface area contributed by atoms with E-state index in [-0.39, 0.29) is 0 Å². The van der Waals surface area contributed by atoms with Crippen molar-refractivity contribution >= 4 is 27.4 Å². The van der Waals surface area contributed by atoms with Crippen molar-refractivity contribution in [2.24, 2.45) is 0 Å². The SMILES string of the molecule is Cc1cc2cc3ccc(-c4ccccc4C)nc3cc2cc1N. The first kappa shape index (κ1) is 13.8. The van der Waals surface area contributed by atoms with Gasteiger partial charge in [0.25, 0.3) is 0 Å². The lowest BCUT2D eigenvalue weighted by atomic mass is 10.0. The molecule has 0 radical (unpaired) electrons. The normalized spacial score (nSPS) is 11.2. The Morgan fingerprint density at radius 2 is 1.52 bits per heavy atom.